The van der Waals surface area contributed by atoms with Crippen molar-refractivity contribution in [2.24, 2.45) is 5.10 Å². The van der Waals surface area contributed by atoms with E-state index in [1.165, 1.54) is 23.4 Å². The van der Waals surface area contributed by atoms with Crippen molar-refractivity contribution in [3.63, 3.8) is 0 Å². The molecule has 1 aliphatic heterocycles. The fraction of sp³-hybridized carbons (Fsp3) is 0.200. The van der Waals surface area contributed by atoms with Crippen LogP contribution in [0.5, 0.6) is 0 Å². The molecule has 0 aromatic heterocycles. The zero-order valence-electron chi connectivity index (χ0n) is 7.98. The highest BCUT2D eigenvalue weighted by molar-refractivity contribution is 5.82. The van der Waals surface area contributed by atoms with E-state index >= 15 is 0 Å². The van der Waals surface area contributed by atoms with Crippen LogP contribution < -0.4 is 5.32 Å². The molecular formula is C10H10FN3O. The van der Waals surface area contributed by atoms with Gasteiger partial charge in [-0.3, -0.25) is 0 Å². The molecule has 1 aromatic carbocycles. The van der Waals surface area contributed by atoms with Crippen molar-refractivity contribution in [2.45, 2.75) is 0 Å². The normalized spacial score (nSPS) is 16.1. The number of carbonyl (C=O) groups excluding carboxylic acids is 1. The molecule has 1 aliphatic rings. The number of hydrogen-bond acceptors (Lipinski definition) is 2. The Balaban J connectivity index is 2.04. The maximum Gasteiger partial charge on any atom is 0.337 e. The third kappa shape index (κ3) is 2.31. The fourth-order valence-electron chi connectivity index (χ4n) is 1.26. The van der Waals surface area contributed by atoms with E-state index in [0.717, 1.165) is 5.56 Å². The van der Waals surface area contributed by atoms with Crippen molar-refractivity contribution < 1.29 is 9.18 Å². The maximum atomic E-state index is 12.6. The number of rotatable bonds is 2. The zero-order valence-corrected chi connectivity index (χ0v) is 7.98. The minimum Gasteiger partial charge on any atom is -0.335 e. The second-order valence-electron chi connectivity index (χ2n) is 3.15. The van der Waals surface area contributed by atoms with Crippen LogP contribution in [0.15, 0.2) is 29.4 Å². The number of benzene rings is 1. The molecule has 1 aromatic rings. The van der Waals surface area contributed by atoms with Gasteiger partial charge < -0.3 is 5.32 Å². The van der Waals surface area contributed by atoms with Crippen LogP contribution >= 0.6 is 0 Å². The average Bonchev–Trinajstić information content (AvgIpc) is 2.63. The zero-order chi connectivity index (χ0) is 10.7. The Bertz CT molecular complexity index is 388. The van der Waals surface area contributed by atoms with Crippen LogP contribution in [0.1, 0.15) is 5.56 Å². The van der Waals surface area contributed by atoms with Gasteiger partial charge in [0.25, 0.3) is 0 Å². The highest BCUT2D eigenvalue weighted by Crippen LogP contribution is 2.02. The van der Waals surface area contributed by atoms with Crippen molar-refractivity contribution in [1.29, 1.82) is 0 Å². The summed E-state index contributed by atoms with van der Waals surface area (Å²) in [5.74, 6) is -0.286. The first kappa shape index (κ1) is 9.64. The summed E-state index contributed by atoms with van der Waals surface area (Å²) in [6.45, 7) is 1.18. The van der Waals surface area contributed by atoms with Gasteiger partial charge in [-0.15, -0.1) is 0 Å². The Morgan fingerprint density at radius 2 is 2.13 bits per heavy atom. The number of carbonyl (C=O) groups is 1. The van der Waals surface area contributed by atoms with Crippen molar-refractivity contribution in [3.05, 3.63) is 35.6 Å². The molecule has 0 aliphatic carbocycles. The van der Waals surface area contributed by atoms with Crippen LogP contribution in [0.2, 0.25) is 0 Å². The Hall–Kier alpha value is -1.91. The van der Waals surface area contributed by atoms with Crippen LogP contribution in [0.25, 0.3) is 0 Å². The number of amides is 2. The molecule has 2 rings (SSSR count). The summed E-state index contributed by atoms with van der Waals surface area (Å²) < 4.78 is 12.6. The molecule has 1 saturated heterocycles. The summed E-state index contributed by atoms with van der Waals surface area (Å²) >= 11 is 0. The van der Waals surface area contributed by atoms with E-state index in [1.807, 2.05) is 0 Å². The molecule has 2 amide bonds. The number of nitrogens with zero attached hydrogens (tertiary/aromatic N) is 2. The summed E-state index contributed by atoms with van der Waals surface area (Å²) in [7, 11) is 0. The molecule has 1 fully saturated rings. The summed E-state index contributed by atoms with van der Waals surface area (Å²) in [6.07, 6.45) is 1.53. The maximum absolute atomic E-state index is 12.6. The minimum atomic E-state index is -0.286. The number of halogens is 1. The standard InChI is InChI=1S/C10H10FN3O/c11-9-3-1-8(2-4-9)7-13-14-6-5-12-10(14)15/h1-4,7H,5-6H2,(H,12,15)/b13-7+. The van der Waals surface area contributed by atoms with E-state index in [-0.39, 0.29) is 11.8 Å². The van der Waals surface area contributed by atoms with Gasteiger partial charge in [0.05, 0.1) is 12.8 Å². The summed E-state index contributed by atoms with van der Waals surface area (Å²) in [4.78, 5) is 11.1. The molecule has 0 bridgehead atoms. The Kier molecular flexibility index (Phi) is 2.62. The third-order valence-corrected chi connectivity index (χ3v) is 2.05. The molecule has 5 heteroatoms. The lowest BCUT2D eigenvalue weighted by Gasteiger charge is -2.04. The van der Waals surface area contributed by atoms with Crippen LogP contribution in [0, 0.1) is 5.82 Å². The Labute approximate surface area is 86.4 Å². The third-order valence-electron chi connectivity index (χ3n) is 2.05. The van der Waals surface area contributed by atoms with E-state index in [1.54, 1.807) is 12.1 Å². The van der Waals surface area contributed by atoms with Crippen LogP contribution in [0.4, 0.5) is 9.18 Å². The van der Waals surface area contributed by atoms with Gasteiger partial charge in [-0.1, -0.05) is 12.1 Å². The SMILES string of the molecule is O=C1NCCN1/N=C/c1ccc(F)cc1. The second kappa shape index (κ2) is 4.08. The van der Waals surface area contributed by atoms with Gasteiger partial charge in [0.15, 0.2) is 0 Å². The Morgan fingerprint density at radius 3 is 2.73 bits per heavy atom. The van der Waals surface area contributed by atoms with Crippen molar-refractivity contribution in [1.82, 2.24) is 10.3 Å². The number of hydrogen-bond donors (Lipinski definition) is 1. The van der Waals surface area contributed by atoms with Gasteiger partial charge in [0, 0.05) is 6.54 Å². The van der Waals surface area contributed by atoms with E-state index in [0.29, 0.717) is 13.1 Å². The molecule has 1 N–H and O–H groups in total. The molecular weight excluding hydrogens is 197 g/mol. The van der Waals surface area contributed by atoms with Gasteiger partial charge in [-0.05, 0) is 17.7 Å². The van der Waals surface area contributed by atoms with Crippen LogP contribution in [-0.2, 0) is 0 Å². The predicted octanol–water partition coefficient (Wildman–Crippen LogP) is 1.18. The lowest BCUT2D eigenvalue weighted by atomic mass is 10.2. The molecule has 0 spiro atoms. The topological polar surface area (TPSA) is 44.7 Å². The first-order chi connectivity index (χ1) is 7.25. The minimum absolute atomic E-state index is 0.201. The van der Waals surface area contributed by atoms with Gasteiger partial charge in [0.2, 0.25) is 0 Å². The summed E-state index contributed by atoms with van der Waals surface area (Å²) in [6, 6.07) is 5.71. The van der Waals surface area contributed by atoms with E-state index in [4.69, 9.17) is 0 Å². The quantitative estimate of drug-likeness (QED) is 0.727. The second-order valence-corrected chi connectivity index (χ2v) is 3.15. The van der Waals surface area contributed by atoms with Crippen molar-refractivity contribution in [2.75, 3.05) is 13.1 Å². The summed E-state index contributed by atoms with van der Waals surface area (Å²) in [5, 5.41) is 7.94. The molecule has 1 heterocycles. The largest absolute Gasteiger partial charge is 0.337 e. The average molecular weight is 207 g/mol. The van der Waals surface area contributed by atoms with Gasteiger partial charge in [-0.25, -0.2) is 14.2 Å². The molecule has 0 unspecified atom stereocenters. The van der Waals surface area contributed by atoms with Crippen molar-refractivity contribution in [3.8, 4) is 0 Å². The van der Waals surface area contributed by atoms with E-state index < -0.39 is 0 Å². The number of hydrazone groups is 1. The highest BCUT2D eigenvalue weighted by atomic mass is 19.1. The highest BCUT2D eigenvalue weighted by Gasteiger charge is 2.17. The smallest absolute Gasteiger partial charge is 0.335 e. The van der Waals surface area contributed by atoms with E-state index in [2.05, 4.69) is 10.4 Å². The molecule has 0 radical (unpaired) electrons. The number of nitrogens with one attached hydrogen (secondary N) is 1. The monoisotopic (exact) mass is 207 g/mol. The first-order valence-electron chi connectivity index (χ1n) is 4.60. The van der Waals surface area contributed by atoms with Gasteiger partial charge in [-0.2, -0.15) is 5.10 Å². The lowest BCUT2D eigenvalue weighted by molar-refractivity contribution is 0.219. The molecule has 4 nitrogen and oxygen atoms in total. The van der Waals surface area contributed by atoms with Gasteiger partial charge in [0.1, 0.15) is 5.82 Å². The van der Waals surface area contributed by atoms with Crippen molar-refractivity contribution >= 4 is 12.2 Å². The fourth-order valence-corrected chi connectivity index (χ4v) is 1.26. The molecule has 0 saturated carbocycles. The van der Waals surface area contributed by atoms with Crippen LogP contribution in [-0.4, -0.2) is 30.3 Å². The Morgan fingerprint density at radius 1 is 1.40 bits per heavy atom. The van der Waals surface area contributed by atoms with Gasteiger partial charge >= 0.3 is 6.03 Å². The predicted molar refractivity (Wildman–Crippen MR) is 54.1 cm³/mol. The van der Waals surface area contributed by atoms with E-state index in [9.17, 15) is 9.18 Å². The lowest BCUT2D eigenvalue weighted by Crippen LogP contribution is -2.23. The van der Waals surface area contributed by atoms with Crippen LogP contribution in [0.3, 0.4) is 0 Å². The molecule has 0 atom stereocenters. The summed E-state index contributed by atoms with van der Waals surface area (Å²) in [5.41, 5.74) is 0.760. The number of urea groups is 1. The first-order valence-corrected chi connectivity index (χ1v) is 4.60. The molecule has 78 valence electrons. The molecule has 15 heavy (non-hydrogen) atoms.